The summed E-state index contributed by atoms with van der Waals surface area (Å²) in [6.07, 6.45) is 2.57. The van der Waals surface area contributed by atoms with Crippen molar-refractivity contribution in [3.63, 3.8) is 0 Å². The Bertz CT molecular complexity index is 285. The van der Waals surface area contributed by atoms with E-state index in [1.807, 2.05) is 0 Å². The van der Waals surface area contributed by atoms with Gasteiger partial charge in [0.25, 0.3) is 0 Å². The third kappa shape index (κ3) is 9.52. The van der Waals surface area contributed by atoms with Crippen LogP contribution in [-0.4, -0.2) is 25.0 Å². The van der Waals surface area contributed by atoms with Crippen LogP contribution in [0.2, 0.25) is 0 Å². The van der Waals surface area contributed by atoms with Crippen LogP contribution in [0.3, 0.4) is 0 Å². The average molecular weight is 292 g/mol. The van der Waals surface area contributed by atoms with Gasteiger partial charge in [0, 0.05) is 0 Å². The van der Waals surface area contributed by atoms with Crippen LogP contribution in [0.4, 0.5) is 0 Å². The van der Waals surface area contributed by atoms with Gasteiger partial charge >= 0.3 is 99.2 Å². The first kappa shape index (κ1) is 18.7. The van der Waals surface area contributed by atoms with Crippen LogP contribution in [0.1, 0.15) is 0 Å². The Morgan fingerprint density at radius 2 is 1.06 bits per heavy atom. The molecule has 0 atom stereocenters. The summed E-state index contributed by atoms with van der Waals surface area (Å²) in [5, 5.41) is 8.25. The maximum atomic E-state index is 10.8. The summed E-state index contributed by atoms with van der Waals surface area (Å²) < 4.78 is 13.7. The van der Waals surface area contributed by atoms with Crippen LogP contribution >= 0.6 is 0 Å². The van der Waals surface area contributed by atoms with E-state index in [1.54, 1.807) is 0 Å². The van der Waals surface area contributed by atoms with Crippen molar-refractivity contribution < 1.29 is 48.5 Å². The fraction of sp³-hybridized carbons (Fsp3) is 0.100. The molecular weight excluding hydrogens is 280 g/mol. The molecule has 18 heavy (non-hydrogen) atoms. The molecule has 0 radical (unpaired) electrons. The van der Waals surface area contributed by atoms with Gasteiger partial charge in [0.15, 0.2) is 0 Å². The zero-order valence-corrected chi connectivity index (χ0v) is 11.3. The molecule has 0 aliphatic heterocycles. The second-order valence-electron chi connectivity index (χ2n) is 2.13. The molecule has 0 amide bonds. The number of carbonyl (C=O) groups excluding carboxylic acids is 3. The van der Waals surface area contributed by atoms with Gasteiger partial charge < -0.3 is 5.11 Å². The van der Waals surface area contributed by atoms with Gasteiger partial charge in [0.2, 0.25) is 0 Å². The van der Waals surface area contributed by atoms with E-state index in [0.29, 0.717) is 0 Å². The molecule has 8 heteroatoms. The van der Waals surface area contributed by atoms with Crippen LogP contribution in [0.25, 0.3) is 0 Å². The van der Waals surface area contributed by atoms with Gasteiger partial charge in [-0.2, -0.15) is 7.11 Å². The Morgan fingerprint density at radius 1 is 0.833 bits per heavy atom. The Labute approximate surface area is 112 Å². The molecule has 98 valence electrons. The van der Waals surface area contributed by atoms with Crippen LogP contribution in [0.15, 0.2) is 38.0 Å². The van der Waals surface area contributed by atoms with Gasteiger partial charge in [-0.05, 0) is 0 Å². The van der Waals surface area contributed by atoms with Crippen LogP contribution in [0, 0.1) is 0 Å². The van der Waals surface area contributed by atoms with Crippen molar-refractivity contribution in [2.24, 2.45) is 0 Å². The van der Waals surface area contributed by atoms with E-state index in [2.05, 4.69) is 29.7 Å². The zero-order chi connectivity index (χ0) is 14.6. The molecule has 0 spiro atoms. The van der Waals surface area contributed by atoms with E-state index in [-0.39, 0.29) is 0 Å². The molecule has 0 saturated heterocycles. The van der Waals surface area contributed by atoms with Gasteiger partial charge in [0.1, 0.15) is 0 Å². The summed E-state index contributed by atoms with van der Waals surface area (Å²) in [5.74, 6) is -2.53. The van der Waals surface area contributed by atoms with Crippen LogP contribution < -0.4 is 5.11 Å². The first-order valence-corrected chi connectivity index (χ1v) is 6.25. The van der Waals surface area contributed by atoms with E-state index in [4.69, 9.17) is 5.11 Å². The molecule has 0 aromatic heterocycles. The summed E-state index contributed by atoms with van der Waals surface area (Å²) >= 11 is -3.51. The summed E-state index contributed by atoms with van der Waals surface area (Å²) in [6.45, 7) is 9.43. The summed E-state index contributed by atoms with van der Waals surface area (Å²) in [7, 11) is 0.750. The molecule has 0 saturated carbocycles. The van der Waals surface area contributed by atoms with Gasteiger partial charge in [-0.15, -0.1) is 0 Å². The van der Waals surface area contributed by atoms with Gasteiger partial charge in [-0.25, -0.2) is 0 Å². The Morgan fingerprint density at radius 3 is 1.22 bits per heavy atom. The van der Waals surface area contributed by atoms with E-state index < -0.39 is 36.9 Å². The predicted molar refractivity (Wildman–Crippen MR) is 54.8 cm³/mol. The molecule has 0 bridgehead atoms. The molecule has 0 unspecified atom stereocenters. The van der Waals surface area contributed by atoms with Crippen molar-refractivity contribution in [2.75, 3.05) is 7.11 Å². The van der Waals surface area contributed by atoms with Crippen molar-refractivity contribution in [1.29, 1.82) is 0 Å². The molecule has 0 aliphatic carbocycles. The largest absolute Gasteiger partial charge is 0.857 e. The minimum Gasteiger partial charge on any atom is -0.857 e. The molecule has 0 rings (SSSR count). The quantitative estimate of drug-likeness (QED) is 0.481. The summed E-state index contributed by atoms with van der Waals surface area (Å²) in [6, 6.07) is 0. The van der Waals surface area contributed by atoms with E-state index >= 15 is 0 Å². The first-order valence-electron chi connectivity index (χ1n) is 4.34. The smallest absolute Gasteiger partial charge is 0.153 e. The third-order valence-electron chi connectivity index (χ3n) is 1.05. The van der Waals surface area contributed by atoms with Crippen LogP contribution in [0.5, 0.6) is 0 Å². The Kier molecular flexibility index (Phi) is 12.2. The zero-order valence-electron chi connectivity index (χ0n) is 9.71. The van der Waals surface area contributed by atoms with Crippen molar-refractivity contribution in [2.45, 2.75) is 0 Å². The van der Waals surface area contributed by atoms with E-state index in [1.165, 1.54) is 0 Å². The molecule has 7 nitrogen and oxygen atoms in total. The molecule has 0 aliphatic rings. The number of hydrogen-bond acceptors (Lipinski definition) is 7. The molecule has 0 fully saturated rings. The maximum Gasteiger partial charge on any atom is -0.153 e. The van der Waals surface area contributed by atoms with E-state index in [0.717, 1.165) is 25.3 Å². The average Bonchev–Trinajstić information content (AvgIpc) is 2.40. The fourth-order valence-corrected chi connectivity index (χ4v) is 1.79. The maximum absolute atomic E-state index is 10.8. The third-order valence-corrected chi connectivity index (χ3v) is 2.78. The number of hydrogen-bond donors (Lipinski definition) is 0. The molecule has 0 aromatic rings. The SMILES string of the molecule is C=CC(=O)[O][Ti+]([O]C(=O)C=C)[O]C(=O)C=C.C[O-]. The first-order chi connectivity index (χ1) is 8.53. The standard InChI is InChI=1S/3C3H4O2.CH3O.Ti/c3*1-2-3(4)5;1-2;/h3*2H,1H2,(H,4,5);1H3;/q;;;-1;+4/p-3. The van der Waals surface area contributed by atoms with Crippen molar-refractivity contribution >= 4 is 17.9 Å². The minimum absolute atomic E-state index is 0.750. The number of rotatable bonds is 6. The van der Waals surface area contributed by atoms with Crippen molar-refractivity contribution in [3.8, 4) is 0 Å². The van der Waals surface area contributed by atoms with Crippen molar-refractivity contribution in [1.82, 2.24) is 0 Å². The second-order valence-corrected chi connectivity index (χ2v) is 3.86. The summed E-state index contributed by atoms with van der Waals surface area (Å²) in [5.41, 5.74) is 0. The molecule has 0 aromatic carbocycles. The second kappa shape index (κ2) is 11.8. The predicted octanol–water partition coefficient (Wildman–Crippen LogP) is -0.486. The molecule has 0 N–H and O–H groups in total. The van der Waals surface area contributed by atoms with Crippen molar-refractivity contribution in [3.05, 3.63) is 38.0 Å². The summed E-state index contributed by atoms with van der Waals surface area (Å²) in [4.78, 5) is 32.5. The van der Waals surface area contributed by atoms with Gasteiger partial charge in [-0.3, -0.25) is 0 Å². The van der Waals surface area contributed by atoms with Gasteiger partial charge in [0.05, 0.1) is 0 Å². The Balaban J connectivity index is 0. The topological polar surface area (TPSA) is 102 Å². The normalized spacial score (nSPS) is 7.67. The van der Waals surface area contributed by atoms with E-state index in [9.17, 15) is 14.4 Å². The van der Waals surface area contributed by atoms with Gasteiger partial charge in [-0.1, -0.05) is 0 Å². The number of carbonyl (C=O) groups is 3. The minimum atomic E-state index is -3.51. The van der Waals surface area contributed by atoms with Crippen LogP contribution in [-0.2, 0) is 43.4 Å². The monoisotopic (exact) mass is 292 g/mol. The molecule has 0 heterocycles. The Hall–Kier alpha value is -1.70. The fourth-order valence-electron chi connectivity index (χ4n) is 0.434. The molecular formula is C10H12O7Ti.